The van der Waals surface area contributed by atoms with Gasteiger partial charge in [-0.1, -0.05) is 43.3 Å². The lowest BCUT2D eigenvalue weighted by molar-refractivity contribution is 1.22. The molecular formula is C9H11N. The summed E-state index contributed by atoms with van der Waals surface area (Å²) in [7, 11) is 0. The lowest BCUT2D eigenvalue weighted by Gasteiger charge is -1.69. The topological polar surface area (TPSA) is 23.8 Å². The van der Waals surface area contributed by atoms with Crippen LogP contribution in [0, 0.1) is 11.3 Å². The average molecular weight is 133 g/mol. The third kappa shape index (κ3) is 6.71. The first kappa shape index (κ1) is 8.71. The van der Waals surface area contributed by atoms with E-state index in [0.717, 1.165) is 0 Å². The average Bonchev–Trinajstić information content (AvgIpc) is 2.08. The monoisotopic (exact) mass is 133 g/mol. The molecule has 1 heteroatoms. The van der Waals surface area contributed by atoms with E-state index in [0.29, 0.717) is 6.42 Å². The molecule has 0 aliphatic carbocycles. The second-order valence-electron chi connectivity index (χ2n) is 1.67. The van der Waals surface area contributed by atoms with Crippen LogP contribution < -0.4 is 0 Å². The van der Waals surface area contributed by atoms with E-state index in [1.165, 1.54) is 0 Å². The quantitative estimate of drug-likeness (QED) is 0.533. The first-order chi connectivity index (χ1) is 4.91. The second-order valence-corrected chi connectivity index (χ2v) is 1.67. The third-order valence-corrected chi connectivity index (χ3v) is 0.825. The fourth-order valence-electron chi connectivity index (χ4n) is 0.385. The van der Waals surface area contributed by atoms with Crippen molar-refractivity contribution < 1.29 is 0 Å². The minimum Gasteiger partial charge on any atom is -0.198 e. The Kier molecular flexibility index (Phi) is 6.72. The molecule has 0 unspecified atom stereocenters. The van der Waals surface area contributed by atoms with Crippen LogP contribution in [0.15, 0.2) is 36.4 Å². The molecule has 1 rings (SSSR count). The molecule has 1 aromatic rings. The van der Waals surface area contributed by atoms with E-state index in [2.05, 4.69) is 0 Å². The maximum Gasteiger partial charge on any atom is 0.0618 e. The van der Waals surface area contributed by atoms with Crippen LogP contribution in [0.5, 0.6) is 0 Å². The summed E-state index contributed by atoms with van der Waals surface area (Å²) in [5.41, 5.74) is 0. The van der Waals surface area contributed by atoms with E-state index in [4.69, 9.17) is 5.26 Å². The summed E-state index contributed by atoms with van der Waals surface area (Å²) in [5.74, 6) is 0. The molecule has 0 spiro atoms. The molecule has 0 bridgehead atoms. The fraction of sp³-hybridized carbons (Fsp3) is 0.222. The van der Waals surface area contributed by atoms with Crippen LogP contribution in [-0.2, 0) is 0 Å². The lowest BCUT2D eigenvalue weighted by atomic mass is 10.4. The van der Waals surface area contributed by atoms with Crippen molar-refractivity contribution in [1.29, 1.82) is 5.26 Å². The van der Waals surface area contributed by atoms with Gasteiger partial charge in [0.05, 0.1) is 6.07 Å². The Labute approximate surface area is 61.9 Å². The van der Waals surface area contributed by atoms with Gasteiger partial charge in [0.1, 0.15) is 0 Å². The van der Waals surface area contributed by atoms with Gasteiger partial charge in [0, 0.05) is 6.42 Å². The highest BCUT2D eigenvalue weighted by Crippen LogP contribution is 1.79. The molecule has 10 heavy (non-hydrogen) atoms. The Morgan fingerprint density at radius 3 is 1.30 bits per heavy atom. The standard InChI is InChI=1S/C6H6.C3H5N/c1-2-4-6-5-3-1;1-2-3-4/h1-6H;2H2,1H3. The first-order valence-electron chi connectivity index (χ1n) is 3.28. The second kappa shape index (κ2) is 7.71. The minimum absolute atomic E-state index is 0.625. The van der Waals surface area contributed by atoms with E-state index < -0.39 is 0 Å². The molecule has 0 aliphatic heterocycles. The zero-order chi connectivity index (χ0) is 7.66. The van der Waals surface area contributed by atoms with Crippen LogP contribution in [0.4, 0.5) is 0 Å². The van der Waals surface area contributed by atoms with Crippen molar-refractivity contribution in [2.24, 2.45) is 0 Å². The number of nitrogens with zero attached hydrogens (tertiary/aromatic N) is 1. The molecule has 1 nitrogen and oxygen atoms in total. The summed E-state index contributed by atoms with van der Waals surface area (Å²) in [5, 5.41) is 7.62. The highest BCUT2D eigenvalue weighted by molar-refractivity contribution is 4.99. The van der Waals surface area contributed by atoms with E-state index >= 15 is 0 Å². The Hall–Kier alpha value is -1.29. The van der Waals surface area contributed by atoms with Gasteiger partial charge in [-0.2, -0.15) is 5.26 Å². The van der Waals surface area contributed by atoms with Crippen LogP contribution in [0.25, 0.3) is 0 Å². The van der Waals surface area contributed by atoms with Crippen molar-refractivity contribution in [1.82, 2.24) is 0 Å². The maximum atomic E-state index is 7.62. The van der Waals surface area contributed by atoms with Crippen molar-refractivity contribution in [3.05, 3.63) is 36.4 Å². The van der Waals surface area contributed by atoms with Crippen molar-refractivity contribution in [2.75, 3.05) is 0 Å². The van der Waals surface area contributed by atoms with Crippen molar-refractivity contribution in [3.63, 3.8) is 0 Å². The summed E-state index contributed by atoms with van der Waals surface area (Å²) in [6.07, 6.45) is 0.625. The number of hydrogen-bond acceptors (Lipinski definition) is 1. The predicted octanol–water partition coefficient (Wildman–Crippen LogP) is 2.61. The van der Waals surface area contributed by atoms with Gasteiger partial charge in [0.15, 0.2) is 0 Å². The minimum atomic E-state index is 0.625. The maximum absolute atomic E-state index is 7.62. The molecule has 0 fully saturated rings. The molecule has 0 N–H and O–H groups in total. The van der Waals surface area contributed by atoms with Crippen LogP contribution in [0.1, 0.15) is 13.3 Å². The van der Waals surface area contributed by atoms with Crippen LogP contribution >= 0.6 is 0 Å². The van der Waals surface area contributed by atoms with Gasteiger partial charge in [-0.15, -0.1) is 0 Å². The van der Waals surface area contributed by atoms with Crippen molar-refractivity contribution in [3.8, 4) is 6.07 Å². The highest BCUT2D eigenvalue weighted by atomic mass is 14.2. The molecule has 0 heterocycles. The van der Waals surface area contributed by atoms with Crippen molar-refractivity contribution >= 4 is 0 Å². The third-order valence-electron chi connectivity index (χ3n) is 0.825. The van der Waals surface area contributed by atoms with E-state index in [1.807, 2.05) is 49.4 Å². The first-order valence-corrected chi connectivity index (χ1v) is 3.28. The summed E-state index contributed by atoms with van der Waals surface area (Å²) in [4.78, 5) is 0. The largest absolute Gasteiger partial charge is 0.198 e. The highest BCUT2D eigenvalue weighted by Gasteiger charge is 1.57. The zero-order valence-electron chi connectivity index (χ0n) is 6.12. The molecule has 52 valence electrons. The smallest absolute Gasteiger partial charge is 0.0618 e. The Balaban J connectivity index is 0.000000180. The van der Waals surface area contributed by atoms with Crippen LogP contribution in [-0.4, -0.2) is 0 Å². The van der Waals surface area contributed by atoms with E-state index in [1.54, 1.807) is 0 Å². The molecule has 0 saturated carbocycles. The number of nitriles is 1. The summed E-state index contributed by atoms with van der Waals surface area (Å²) >= 11 is 0. The van der Waals surface area contributed by atoms with Gasteiger partial charge in [-0.05, 0) is 0 Å². The molecule has 0 saturated heterocycles. The van der Waals surface area contributed by atoms with Gasteiger partial charge in [0.2, 0.25) is 0 Å². The number of rotatable bonds is 0. The molecule has 0 aliphatic rings. The Bertz CT molecular complexity index is 147. The van der Waals surface area contributed by atoms with Crippen LogP contribution in [0.3, 0.4) is 0 Å². The predicted molar refractivity (Wildman–Crippen MR) is 42.3 cm³/mol. The number of benzene rings is 1. The van der Waals surface area contributed by atoms with Gasteiger partial charge >= 0.3 is 0 Å². The van der Waals surface area contributed by atoms with Gasteiger partial charge < -0.3 is 0 Å². The summed E-state index contributed by atoms with van der Waals surface area (Å²) in [6.45, 7) is 1.82. The molecule has 0 aromatic heterocycles. The Morgan fingerprint density at radius 1 is 1.00 bits per heavy atom. The van der Waals surface area contributed by atoms with Crippen molar-refractivity contribution in [2.45, 2.75) is 13.3 Å². The molecule has 1 aromatic carbocycles. The summed E-state index contributed by atoms with van der Waals surface area (Å²) in [6, 6.07) is 13.9. The SMILES string of the molecule is CCC#N.c1ccccc1. The number of hydrogen-bond donors (Lipinski definition) is 0. The normalized spacial score (nSPS) is 6.80. The molecule has 0 amide bonds. The molecule has 0 radical (unpaired) electrons. The zero-order valence-corrected chi connectivity index (χ0v) is 6.12. The van der Waals surface area contributed by atoms with E-state index in [-0.39, 0.29) is 0 Å². The van der Waals surface area contributed by atoms with Crippen LogP contribution in [0.2, 0.25) is 0 Å². The molecule has 0 atom stereocenters. The van der Waals surface area contributed by atoms with Gasteiger partial charge in [-0.25, -0.2) is 0 Å². The molecular weight excluding hydrogens is 122 g/mol. The van der Waals surface area contributed by atoms with Gasteiger partial charge in [-0.3, -0.25) is 0 Å². The van der Waals surface area contributed by atoms with Gasteiger partial charge in [0.25, 0.3) is 0 Å². The lowest BCUT2D eigenvalue weighted by Crippen LogP contribution is -1.47. The fourth-order valence-corrected chi connectivity index (χ4v) is 0.385. The summed E-state index contributed by atoms with van der Waals surface area (Å²) < 4.78 is 0. The van der Waals surface area contributed by atoms with E-state index in [9.17, 15) is 0 Å². The Morgan fingerprint density at radius 2 is 1.20 bits per heavy atom.